The molecule has 0 saturated carbocycles. The Labute approximate surface area is 161 Å². The molecule has 2 aromatic rings. The van der Waals surface area contributed by atoms with E-state index in [9.17, 15) is 9.59 Å². The summed E-state index contributed by atoms with van der Waals surface area (Å²) in [7, 11) is 0. The van der Waals surface area contributed by atoms with Crippen LogP contribution in [0.1, 0.15) is 49.7 Å². The Morgan fingerprint density at radius 2 is 1.41 bits per heavy atom. The zero-order valence-corrected chi connectivity index (χ0v) is 15.9. The van der Waals surface area contributed by atoms with E-state index in [4.69, 9.17) is 0 Å². The van der Waals surface area contributed by atoms with Gasteiger partial charge in [0.15, 0.2) is 0 Å². The Kier molecular flexibility index (Phi) is 6.64. The molecule has 2 aromatic carbocycles. The SMILES string of the molecule is C[C@H](NC(=O)CC(c1ccccc1)c1ccccc1)C(=O)N1CCCCC1. The van der Waals surface area contributed by atoms with E-state index >= 15 is 0 Å². The quantitative estimate of drug-likeness (QED) is 0.849. The Bertz CT molecular complexity index is 700. The molecule has 1 N–H and O–H groups in total. The molecule has 0 aromatic heterocycles. The lowest BCUT2D eigenvalue weighted by molar-refractivity contribution is -0.136. The molecule has 0 radical (unpaired) electrons. The molecule has 1 atom stereocenters. The third-order valence-corrected chi connectivity index (χ3v) is 5.21. The zero-order chi connectivity index (χ0) is 19.1. The summed E-state index contributed by atoms with van der Waals surface area (Å²) in [5.74, 6) is -0.0886. The summed E-state index contributed by atoms with van der Waals surface area (Å²) >= 11 is 0. The first-order chi connectivity index (χ1) is 13.1. The van der Waals surface area contributed by atoms with E-state index in [0.29, 0.717) is 6.42 Å². The normalized spacial score (nSPS) is 15.4. The third-order valence-electron chi connectivity index (χ3n) is 5.21. The van der Waals surface area contributed by atoms with E-state index in [1.54, 1.807) is 6.92 Å². The summed E-state index contributed by atoms with van der Waals surface area (Å²) in [6.07, 6.45) is 3.61. The Morgan fingerprint density at radius 3 is 1.93 bits per heavy atom. The van der Waals surface area contributed by atoms with Crippen molar-refractivity contribution in [2.24, 2.45) is 0 Å². The van der Waals surface area contributed by atoms with E-state index in [-0.39, 0.29) is 17.7 Å². The number of hydrogen-bond donors (Lipinski definition) is 1. The van der Waals surface area contributed by atoms with Crippen LogP contribution in [0.5, 0.6) is 0 Å². The summed E-state index contributed by atoms with van der Waals surface area (Å²) < 4.78 is 0. The van der Waals surface area contributed by atoms with Gasteiger partial charge in [0, 0.05) is 25.4 Å². The molecule has 4 heteroatoms. The average molecular weight is 364 g/mol. The van der Waals surface area contributed by atoms with Gasteiger partial charge in [0.2, 0.25) is 11.8 Å². The van der Waals surface area contributed by atoms with Gasteiger partial charge in [0.25, 0.3) is 0 Å². The minimum atomic E-state index is -0.484. The number of nitrogens with one attached hydrogen (secondary N) is 1. The van der Waals surface area contributed by atoms with Crippen LogP contribution in [-0.2, 0) is 9.59 Å². The zero-order valence-electron chi connectivity index (χ0n) is 15.9. The summed E-state index contributed by atoms with van der Waals surface area (Å²) in [5.41, 5.74) is 2.21. The molecule has 1 fully saturated rings. The van der Waals surface area contributed by atoms with Crippen LogP contribution in [0.15, 0.2) is 60.7 Å². The fourth-order valence-electron chi connectivity index (χ4n) is 3.73. The number of piperidine rings is 1. The van der Waals surface area contributed by atoms with Crippen LogP contribution >= 0.6 is 0 Å². The molecule has 0 bridgehead atoms. The lowest BCUT2D eigenvalue weighted by atomic mass is 9.88. The minimum absolute atomic E-state index is 0.0234. The number of carbonyl (C=O) groups is 2. The molecule has 0 aliphatic carbocycles. The Hall–Kier alpha value is -2.62. The Balaban J connectivity index is 1.66. The predicted molar refractivity (Wildman–Crippen MR) is 107 cm³/mol. The van der Waals surface area contributed by atoms with Gasteiger partial charge >= 0.3 is 0 Å². The fraction of sp³-hybridized carbons (Fsp3) is 0.391. The average Bonchev–Trinajstić information content (AvgIpc) is 2.73. The van der Waals surface area contributed by atoms with Gasteiger partial charge in [0.1, 0.15) is 6.04 Å². The molecule has 1 aliphatic heterocycles. The van der Waals surface area contributed by atoms with Crippen molar-refractivity contribution >= 4 is 11.8 Å². The van der Waals surface area contributed by atoms with Crippen LogP contribution in [0.3, 0.4) is 0 Å². The van der Waals surface area contributed by atoms with Crippen molar-refractivity contribution < 1.29 is 9.59 Å². The van der Waals surface area contributed by atoms with Gasteiger partial charge < -0.3 is 10.2 Å². The second-order valence-corrected chi connectivity index (χ2v) is 7.25. The second-order valence-electron chi connectivity index (χ2n) is 7.25. The molecule has 1 heterocycles. The largest absolute Gasteiger partial charge is 0.345 e. The summed E-state index contributed by atoms with van der Waals surface area (Å²) in [6, 6.07) is 19.6. The van der Waals surface area contributed by atoms with Crippen molar-refractivity contribution in [3.8, 4) is 0 Å². The molecular formula is C23H28N2O2. The molecule has 3 rings (SSSR count). The van der Waals surface area contributed by atoms with Crippen LogP contribution in [0.4, 0.5) is 0 Å². The van der Waals surface area contributed by atoms with Gasteiger partial charge in [-0.15, -0.1) is 0 Å². The summed E-state index contributed by atoms with van der Waals surface area (Å²) in [6.45, 7) is 3.39. The van der Waals surface area contributed by atoms with Crippen LogP contribution < -0.4 is 5.32 Å². The van der Waals surface area contributed by atoms with Gasteiger partial charge in [0.05, 0.1) is 0 Å². The van der Waals surface area contributed by atoms with Crippen molar-refractivity contribution in [1.29, 1.82) is 0 Å². The highest BCUT2D eigenvalue weighted by atomic mass is 16.2. The molecule has 1 aliphatic rings. The molecule has 2 amide bonds. The maximum Gasteiger partial charge on any atom is 0.244 e. The number of likely N-dealkylation sites (tertiary alicyclic amines) is 1. The molecule has 27 heavy (non-hydrogen) atoms. The number of hydrogen-bond acceptors (Lipinski definition) is 2. The molecule has 1 saturated heterocycles. The number of benzene rings is 2. The number of rotatable bonds is 6. The fourth-order valence-corrected chi connectivity index (χ4v) is 3.73. The highest BCUT2D eigenvalue weighted by Crippen LogP contribution is 2.27. The van der Waals surface area contributed by atoms with Crippen molar-refractivity contribution in [1.82, 2.24) is 10.2 Å². The first-order valence-corrected chi connectivity index (χ1v) is 9.83. The molecule has 0 spiro atoms. The number of amides is 2. The van der Waals surface area contributed by atoms with Gasteiger partial charge in [-0.2, -0.15) is 0 Å². The van der Waals surface area contributed by atoms with Crippen molar-refractivity contribution in [3.05, 3.63) is 71.8 Å². The van der Waals surface area contributed by atoms with E-state index in [1.807, 2.05) is 65.6 Å². The topological polar surface area (TPSA) is 49.4 Å². The summed E-state index contributed by atoms with van der Waals surface area (Å²) in [4.78, 5) is 27.2. The highest BCUT2D eigenvalue weighted by molar-refractivity contribution is 5.87. The van der Waals surface area contributed by atoms with Gasteiger partial charge in [-0.25, -0.2) is 0 Å². The van der Waals surface area contributed by atoms with Crippen LogP contribution in [0, 0.1) is 0 Å². The predicted octanol–water partition coefficient (Wildman–Crippen LogP) is 3.73. The van der Waals surface area contributed by atoms with Gasteiger partial charge in [-0.05, 0) is 37.3 Å². The standard InChI is InChI=1S/C23H28N2O2/c1-18(23(27)25-15-9-4-10-16-25)24-22(26)17-21(19-11-5-2-6-12-19)20-13-7-3-8-14-20/h2-3,5-8,11-14,18,21H,4,9-10,15-17H2,1H3,(H,24,26)/t18-/m0/s1. The van der Waals surface area contributed by atoms with Crippen molar-refractivity contribution in [2.75, 3.05) is 13.1 Å². The molecule has 4 nitrogen and oxygen atoms in total. The lowest BCUT2D eigenvalue weighted by Gasteiger charge is -2.29. The van der Waals surface area contributed by atoms with E-state index in [2.05, 4.69) is 5.32 Å². The molecule has 0 unspecified atom stereocenters. The van der Waals surface area contributed by atoms with Crippen LogP contribution in [-0.4, -0.2) is 35.8 Å². The smallest absolute Gasteiger partial charge is 0.244 e. The highest BCUT2D eigenvalue weighted by Gasteiger charge is 2.25. The van der Waals surface area contributed by atoms with Crippen LogP contribution in [0.2, 0.25) is 0 Å². The van der Waals surface area contributed by atoms with E-state index in [0.717, 1.165) is 37.1 Å². The van der Waals surface area contributed by atoms with Crippen molar-refractivity contribution in [2.45, 2.75) is 44.6 Å². The first kappa shape index (κ1) is 19.2. The van der Waals surface area contributed by atoms with E-state index in [1.165, 1.54) is 6.42 Å². The first-order valence-electron chi connectivity index (χ1n) is 9.83. The number of carbonyl (C=O) groups excluding carboxylic acids is 2. The van der Waals surface area contributed by atoms with Crippen molar-refractivity contribution in [3.63, 3.8) is 0 Å². The number of nitrogens with zero attached hydrogens (tertiary/aromatic N) is 1. The molecule has 142 valence electrons. The molecular weight excluding hydrogens is 336 g/mol. The third kappa shape index (κ3) is 5.19. The maximum absolute atomic E-state index is 12.7. The maximum atomic E-state index is 12.7. The van der Waals surface area contributed by atoms with E-state index < -0.39 is 6.04 Å². The lowest BCUT2D eigenvalue weighted by Crippen LogP contribution is -2.48. The van der Waals surface area contributed by atoms with Crippen LogP contribution in [0.25, 0.3) is 0 Å². The monoisotopic (exact) mass is 364 g/mol. The minimum Gasteiger partial charge on any atom is -0.345 e. The van der Waals surface area contributed by atoms with Gasteiger partial charge in [-0.3, -0.25) is 9.59 Å². The second kappa shape index (κ2) is 9.36. The van der Waals surface area contributed by atoms with Gasteiger partial charge in [-0.1, -0.05) is 60.7 Å². The summed E-state index contributed by atoms with van der Waals surface area (Å²) in [5, 5.41) is 2.92. The Morgan fingerprint density at radius 1 is 0.889 bits per heavy atom.